The van der Waals surface area contributed by atoms with Crippen molar-refractivity contribution in [1.29, 1.82) is 0 Å². The molecule has 4 rings (SSSR count). The highest BCUT2D eigenvalue weighted by molar-refractivity contribution is 7.90. The summed E-state index contributed by atoms with van der Waals surface area (Å²) < 4.78 is 29.1. The van der Waals surface area contributed by atoms with Crippen LogP contribution in [0.3, 0.4) is 0 Å². The standard InChI is InChI=1S/C21H21N3O5S2/c1-29-20(26)15-5-3-14(4-6-15)19(25)23-9-11-24(12-10-23)21-22-17-8-7-16(31(2,27)28)13-18(17)30-21/h3-8,13H,9-12H2,1-2H3. The van der Waals surface area contributed by atoms with Gasteiger partial charge in [-0.2, -0.15) is 0 Å². The van der Waals surface area contributed by atoms with Gasteiger partial charge in [-0.15, -0.1) is 0 Å². The Kier molecular flexibility index (Phi) is 5.67. The normalized spacial score (nSPS) is 14.6. The third-order valence-electron chi connectivity index (χ3n) is 5.17. The number of nitrogens with zero attached hydrogens (tertiary/aromatic N) is 3. The smallest absolute Gasteiger partial charge is 0.337 e. The monoisotopic (exact) mass is 459 g/mol. The minimum Gasteiger partial charge on any atom is -0.465 e. The van der Waals surface area contributed by atoms with Crippen molar-refractivity contribution in [3.8, 4) is 0 Å². The SMILES string of the molecule is COC(=O)c1ccc(C(=O)N2CCN(c3nc4ccc(S(C)(=O)=O)cc4s3)CC2)cc1. The first-order valence-corrected chi connectivity index (χ1v) is 12.3. The molecule has 0 spiro atoms. The predicted octanol–water partition coefficient (Wildman–Crippen LogP) is 2.45. The molecule has 10 heteroatoms. The highest BCUT2D eigenvalue weighted by Crippen LogP contribution is 2.31. The number of amides is 1. The number of methoxy groups -OCH3 is 1. The van der Waals surface area contributed by atoms with Gasteiger partial charge in [0.05, 0.1) is 27.8 Å². The number of carbonyl (C=O) groups is 2. The second-order valence-electron chi connectivity index (χ2n) is 7.25. The Morgan fingerprint density at radius 3 is 2.26 bits per heavy atom. The number of hydrogen-bond acceptors (Lipinski definition) is 8. The summed E-state index contributed by atoms with van der Waals surface area (Å²) in [7, 11) is -1.95. The molecule has 8 nitrogen and oxygen atoms in total. The van der Waals surface area contributed by atoms with Crippen LogP contribution >= 0.6 is 11.3 Å². The van der Waals surface area contributed by atoms with Crippen LogP contribution < -0.4 is 4.90 Å². The van der Waals surface area contributed by atoms with Crippen molar-refractivity contribution in [3.63, 3.8) is 0 Å². The van der Waals surface area contributed by atoms with Gasteiger partial charge in [0.15, 0.2) is 15.0 Å². The van der Waals surface area contributed by atoms with E-state index in [9.17, 15) is 18.0 Å². The third-order valence-corrected chi connectivity index (χ3v) is 7.36. The Bertz CT molecular complexity index is 1240. The predicted molar refractivity (Wildman–Crippen MR) is 119 cm³/mol. The Morgan fingerprint density at radius 1 is 1.00 bits per heavy atom. The molecule has 0 atom stereocenters. The fraction of sp³-hybridized carbons (Fsp3) is 0.286. The maximum Gasteiger partial charge on any atom is 0.337 e. The molecule has 0 bridgehead atoms. The van der Waals surface area contributed by atoms with Crippen LogP contribution in [0.5, 0.6) is 0 Å². The number of ether oxygens (including phenoxy) is 1. The number of carbonyl (C=O) groups excluding carboxylic acids is 2. The van der Waals surface area contributed by atoms with E-state index in [4.69, 9.17) is 0 Å². The van der Waals surface area contributed by atoms with Crippen LogP contribution in [0.4, 0.5) is 5.13 Å². The van der Waals surface area contributed by atoms with Gasteiger partial charge in [0.25, 0.3) is 5.91 Å². The van der Waals surface area contributed by atoms with Crippen LogP contribution in [0, 0.1) is 0 Å². The molecule has 0 aliphatic carbocycles. The molecule has 0 unspecified atom stereocenters. The van der Waals surface area contributed by atoms with Crippen molar-refractivity contribution < 1.29 is 22.7 Å². The van der Waals surface area contributed by atoms with Crippen LogP contribution in [-0.4, -0.2) is 69.7 Å². The first kappa shape index (κ1) is 21.3. The lowest BCUT2D eigenvalue weighted by Crippen LogP contribution is -2.48. The minimum absolute atomic E-state index is 0.0850. The van der Waals surface area contributed by atoms with E-state index >= 15 is 0 Å². The van der Waals surface area contributed by atoms with E-state index in [1.54, 1.807) is 47.4 Å². The van der Waals surface area contributed by atoms with E-state index in [1.807, 2.05) is 0 Å². The summed E-state index contributed by atoms with van der Waals surface area (Å²) in [6, 6.07) is 11.4. The molecule has 1 aliphatic heterocycles. The Balaban J connectivity index is 1.43. The zero-order chi connectivity index (χ0) is 22.2. The van der Waals surface area contributed by atoms with Gasteiger partial charge in [-0.3, -0.25) is 4.79 Å². The molecule has 162 valence electrons. The summed E-state index contributed by atoms with van der Waals surface area (Å²) in [5, 5.41) is 0.815. The zero-order valence-electron chi connectivity index (χ0n) is 17.1. The number of anilines is 1. The molecule has 0 radical (unpaired) electrons. The fourth-order valence-corrected chi connectivity index (χ4v) is 5.19. The van der Waals surface area contributed by atoms with Crippen LogP contribution in [0.25, 0.3) is 10.2 Å². The Labute approximate surface area is 184 Å². The highest BCUT2D eigenvalue weighted by Gasteiger charge is 2.24. The van der Waals surface area contributed by atoms with Crippen molar-refractivity contribution in [2.24, 2.45) is 0 Å². The number of piperazine rings is 1. The second kappa shape index (κ2) is 8.27. The zero-order valence-corrected chi connectivity index (χ0v) is 18.7. The van der Waals surface area contributed by atoms with Crippen molar-refractivity contribution in [2.45, 2.75) is 4.90 Å². The summed E-state index contributed by atoms with van der Waals surface area (Å²) in [5.74, 6) is -0.523. The summed E-state index contributed by atoms with van der Waals surface area (Å²) in [5.41, 5.74) is 1.68. The average molecular weight is 460 g/mol. The van der Waals surface area contributed by atoms with Gasteiger partial charge >= 0.3 is 5.97 Å². The molecule has 0 saturated carbocycles. The van der Waals surface area contributed by atoms with Crippen molar-refractivity contribution in [3.05, 3.63) is 53.6 Å². The molecule has 1 saturated heterocycles. The summed E-state index contributed by atoms with van der Waals surface area (Å²) >= 11 is 1.45. The van der Waals surface area contributed by atoms with Gasteiger partial charge < -0.3 is 14.5 Å². The summed E-state index contributed by atoms with van der Waals surface area (Å²) in [6.45, 7) is 2.35. The lowest BCUT2D eigenvalue weighted by atomic mass is 10.1. The van der Waals surface area contributed by atoms with E-state index in [0.717, 1.165) is 15.3 Å². The molecule has 1 aliphatic rings. The molecule has 31 heavy (non-hydrogen) atoms. The van der Waals surface area contributed by atoms with Gasteiger partial charge in [-0.05, 0) is 42.5 Å². The lowest BCUT2D eigenvalue weighted by molar-refractivity contribution is 0.0599. The first-order valence-electron chi connectivity index (χ1n) is 9.59. The maximum absolute atomic E-state index is 12.8. The van der Waals surface area contributed by atoms with E-state index in [0.29, 0.717) is 37.3 Å². The molecule has 1 aromatic heterocycles. The molecule has 2 heterocycles. The summed E-state index contributed by atoms with van der Waals surface area (Å²) in [6.07, 6.45) is 1.19. The fourth-order valence-electron chi connectivity index (χ4n) is 3.41. The number of hydrogen-bond donors (Lipinski definition) is 0. The number of rotatable bonds is 4. The third kappa shape index (κ3) is 4.40. The van der Waals surface area contributed by atoms with Gasteiger partial charge in [0.2, 0.25) is 0 Å². The van der Waals surface area contributed by atoms with Gasteiger partial charge in [0, 0.05) is 38.0 Å². The van der Waals surface area contributed by atoms with Gasteiger partial charge in [-0.1, -0.05) is 11.3 Å². The minimum atomic E-state index is -3.27. The van der Waals surface area contributed by atoms with Crippen LogP contribution in [0.1, 0.15) is 20.7 Å². The van der Waals surface area contributed by atoms with E-state index in [-0.39, 0.29) is 10.8 Å². The van der Waals surface area contributed by atoms with E-state index in [1.165, 1.54) is 24.7 Å². The molecular formula is C21H21N3O5S2. The van der Waals surface area contributed by atoms with Crippen LogP contribution in [0.15, 0.2) is 47.4 Å². The Hall–Kier alpha value is -2.98. The number of benzene rings is 2. The molecular weight excluding hydrogens is 438 g/mol. The van der Waals surface area contributed by atoms with Crippen LogP contribution in [0.2, 0.25) is 0 Å². The highest BCUT2D eigenvalue weighted by atomic mass is 32.2. The molecule has 2 aromatic carbocycles. The first-order chi connectivity index (χ1) is 14.8. The van der Waals surface area contributed by atoms with Gasteiger partial charge in [-0.25, -0.2) is 18.2 Å². The van der Waals surface area contributed by atoms with Crippen LogP contribution in [-0.2, 0) is 14.6 Å². The van der Waals surface area contributed by atoms with E-state index in [2.05, 4.69) is 14.6 Å². The number of sulfone groups is 1. The number of aromatic nitrogens is 1. The molecule has 0 N–H and O–H groups in total. The lowest BCUT2D eigenvalue weighted by Gasteiger charge is -2.34. The Morgan fingerprint density at radius 2 is 1.65 bits per heavy atom. The average Bonchev–Trinajstić information content (AvgIpc) is 3.21. The largest absolute Gasteiger partial charge is 0.465 e. The molecule has 1 fully saturated rings. The van der Waals surface area contributed by atoms with Gasteiger partial charge in [0.1, 0.15) is 0 Å². The quantitative estimate of drug-likeness (QED) is 0.553. The summed E-state index contributed by atoms with van der Waals surface area (Å²) in [4.78, 5) is 33.1. The van der Waals surface area contributed by atoms with E-state index < -0.39 is 15.8 Å². The maximum atomic E-state index is 12.8. The van der Waals surface area contributed by atoms with Crippen molar-refractivity contribution in [1.82, 2.24) is 9.88 Å². The van der Waals surface area contributed by atoms with Crippen molar-refractivity contribution >= 4 is 48.4 Å². The number of fused-ring (bicyclic) bond motifs is 1. The number of esters is 1. The van der Waals surface area contributed by atoms with Crippen molar-refractivity contribution in [2.75, 3.05) is 44.4 Å². The molecule has 1 amide bonds. The number of thiazole rings is 1. The topological polar surface area (TPSA) is 96.9 Å². The second-order valence-corrected chi connectivity index (χ2v) is 10.3. The molecule has 3 aromatic rings.